The Bertz CT molecular complexity index is 1170. The maximum Gasteiger partial charge on any atom is 0.200 e. The van der Waals surface area contributed by atoms with Gasteiger partial charge in [-0.2, -0.15) is 0 Å². The second-order valence-corrected chi connectivity index (χ2v) is 10.4. The summed E-state index contributed by atoms with van der Waals surface area (Å²) in [6.45, 7) is 1.86. The van der Waals surface area contributed by atoms with Crippen LogP contribution in [0.4, 0.5) is 0 Å². The summed E-state index contributed by atoms with van der Waals surface area (Å²) in [6.07, 6.45) is 5.37. The molecule has 2 N–H and O–H groups in total. The molecule has 0 radical (unpaired) electrons. The van der Waals surface area contributed by atoms with Gasteiger partial charge in [0.2, 0.25) is 0 Å². The largest absolute Gasteiger partial charge is 0.504 e. The summed E-state index contributed by atoms with van der Waals surface area (Å²) in [6, 6.07) is 13.4. The highest BCUT2D eigenvalue weighted by Crippen LogP contribution is 2.65. The number of nitrogens with zero attached hydrogens (tertiary/aromatic N) is 1. The van der Waals surface area contributed by atoms with Crippen molar-refractivity contribution in [1.29, 1.82) is 0 Å². The zero-order valence-corrected chi connectivity index (χ0v) is 18.0. The van der Waals surface area contributed by atoms with Gasteiger partial charge < -0.3 is 14.9 Å². The summed E-state index contributed by atoms with van der Waals surface area (Å²) < 4.78 is 6.26. The zero-order chi connectivity index (χ0) is 21.7. The zero-order valence-electron chi connectivity index (χ0n) is 18.0. The van der Waals surface area contributed by atoms with Gasteiger partial charge in [0, 0.05) is 30.1 Å². The highest BCUT2D eigenvalue weighted by Gasteiger charge is 2.74. The lowest BCUT2D eigenvalue weighted by atomic mass is 9.48. The molecular formula is C27H27NO4. The van der Waals surface area contributed by atoms with Crippen LogP contribution in [0.5, 0.6) is 11.5 Å². The monoisotopic (exact) mass is 429 g/mol. The first-order valence-electron chi connectivity index (χ1n) is 11.8. The van der Waals surface area contributed by atoms with Crippen LogP contribution in [-0.4, -0.2) is 51.7 Å². The molecule has 5 heteroatoms. The van der Waals surface area contributed by atoms with E-state index in [-0.39, 0.29) is 17.6 Å². The van der Waals surface area contributed by atoms with Crippen molar-refractivity contribution in [3.8, 4) is 11.5 Å². The number of aromatic hydroxyl groups is 1. The second-order valence-electron chi connectivity index (χ2n) is 10.4. The normalized spacial score (nSPS) is 36.2. The van der Waals surface area contributed by atoms with Crippen molar-refractivity contribution in [3.63, 3.8) is 0 Å². The van der Waals surface area contributed by atoms with Gasteiger partial charge in [0.25, 0.3) is 0 Å². The fourth-order valence-electron chi connectivity index (χ4n) is 7.06. The first kappa shape index (κ1) is 18.9. The lowest BCUT2D eigenvalue weighted by Gasteiger charge is -2.62. The first-order valence-corrected chi connectivity index (χ1v) is 11.8. The summed E-state index contributed by atoms with van der Waals surface area (Å²) in [5, 5.41) is 23.2. The number of carbonyl (C=O) groups excluding carboxylic acids is 1. The number of aliphatic hydroxyl groups is 1. The highest BCUT2D eigenvalue weighted by atomic mass is 16.5. The number of likely N-dealkylation sites (tertiary alicyclic amines) is 1. The smallest absolute Gasteiger partial charge is 0.200 e. The Morgan fingerprint density at radius 1 is 1.16 bits per heavy atom. The molecule has 3 aliphatic carbocycles. The SMILES string of the molecule is O=C1/C(=C/c2ccccc2)C[C@]2(O)[C@@H]3Cc4ccc(O)c5c4[C@@]2(CCN3CC2CC2)[C@H]1O5. The molecule has 4 atom stereocenters. The van der Waals surface area contributed by atoms with Crippen molar-refractivity contribution in [2.75, 3.05) is 13.1 Å². The molecular weight excluding hydrogens is 402 g/mol. The van der Waals surface area contributed by atoms with Crippen LogP contribution in [-0.2, 0) is 16.6 Å². The molecule has 2 aromatic rings. The molecule has 2 bridgehead atoms. The molecule has 1 spiro atoms. The standard InChI is InChI=1S/C27H27NO4/c29-20-9-8-18-13-21-27(31)14-19(12-16-4-2-1-3-5-16)23(30)25-26(27,22(18)24(20)32-25)10-11-28(21)15-17-6-7-17/h1-5,8-9,12,17,21,25,29,31H,6-7,10-11,13-15H2/b19-12+/t21-,25-,26-,27-/m0/s1. The van der Waals surface area contributed by atoms with Crippen LogP contribution in [0.2, 0.25) is 0 Å². The summed E-state index contributed by atoms with van der Waals surface area (Å²) >= 11 is 0. The van der Waals surface area contributed by atoms with Gasteiger partial charge in [-0.25, -0.2) is 0 Å². The third kappa shape index (κ3) is 2.28. The minimum Gasteiger partial charge on any atom is -0.504 e. The van der Waals surface area contributed by atoms with Crippen molar-refractivity contribution in [2.24, 2.45) is 5.92 Å². The van der Waals surface area contributed by atoms with E-state index in [1.807, 2.05) is 42.5 Å². The molecule has 5 aliphatic rings. The fraction of sp³-hybridized carbons (Fsp3) is 0.444. The Morgan fingerprint density at radius 2 is 1.97 bits per heavy atom. The highest BCUT2D eigenvalue weighted by molar-refractivity contribution is 6.06. The second kappa shape index (κ2) is 6.24. The maximum absolute atomic E-state index is 13.8. The van der Waals surface area contributed by atoms with E-state index < -0.39 is 17.1 Å². The van der Waals surface area contributed by atoms with Crippen LogP contribution in [0.3, 0.4) is 0 Å². The minimum absolute atomic E-state index is 0.0572. The third-order valence-electron chi connectivity index (χ3n) is 8.67. The van der Waals surface area contributed by atoms with Crippen LogP contribution in [0.15, 0.2) is 48.0 Å². The Balaban J connectivity index is 1.42. The van der Waals surface area contributed by atoms with Crippen molar-refractivity contribution in [1.82, 2.24) is 4.90 Å². The van der Waals surface area contributed by atoms with Crippen LogP contribution in [0, 0.1) is 5.92 Å². The molecule has 0 unspecified atom stereocenters. The number of hydrogen-bond donors (Lipinski definition) is 2. The van der Waals surface area contributed by atoms with Crippen LogP contribution in [0.1, 0.15) is 42.4 Å². The average molecular weight is 430 g/mol. The number of piperidine rings is 1. The Morgan fingerprint density at radius 3 is 2.75 bits per heavy atom. The summed E-state index contributed by atoms with van der Waals surface area (Å²) in [4.78, 5) is 16.3. The molecule has 5 nitrogen and oxygen atoms in total. The summed E-state index contributed by atoms with van der Waals surface area (Å²) in [5.41, 5.74) is 1.67. The number of benzene rings is 2. The molecule has 32 heavy (non-hydrogen) atoms. The van der Waals surface area contributed by atoms with E-state index in [0.717, 1.165) is 42.1 Å². The number of phenolic OH excluding ortho intramolecular Hbond substituents is 1. The number of carbonyl (C=O) groups is 1. The van der Waals surface area contributed by atoms with Gasteiger partial charge >= 0.3 is 0 Å². The van der Waals surface area contributed by atoms with Gasteiger partial charge in [0.15, 0.2) is 23.4 Å². The topological polar surface area (TPSA) is 70.0 Å². The predicted molar refractivity (Wildman–Crippen MR) is 120 cm³/mol. The number of ketones is 1. The van der Waals surface area contributed by atoms with Gasteiger partial charge in [0.1, 0.15) is 0 Å². The van der Waals surface area contributed by atoms with E-state index in [1.54, 1.807) is 6.07 Å². The maximum atomic E-state index is 13.8. The predicted octanol–water partition coefficient (Wildman–Crippen LogP) is 3.22. The Hall–Kier alpha value is -2.63. The third-order valence-corrected chi connectivity index (χ3v) is 8.67. The molecule has 2 saturated carbocycles. The lowest BCUT2D eigenvalue weighted by molar-refractivity contribution is -0.179. The van der Waals surface area contributed by atoms with Gasteiger partial charge in [0.05, 0.1) is 11.0 Å². The van der Waals surface area contributed by atoms with Crippen molar-refractivity contribution in [2.45, 2.75) is 55.3 Å². The molecule has 1 saturated heterocycles. The van der Waals surface area contributed by atoms with E-state index in [2.05, 4.69) is 4.90 Å². The van der Waals surface area contributed by atoms with Crippen molar-refractivity contribution in [3.05, 3.63) is 64.7 Å². The fourth-order valence-corrected chi connectivity index (χ4v) is 7.06. The first-order chi connectivity index (χ1) is 15.5. The number of rotatable bonds is 3. The number of ether oxygens (including phenoxy) is 1. The minimum atomic E-state index is -1.11. The van der Waals surface area contributed by atoms with E-state index in [1.165, 1.54) is 12.8 Å². The molecule has 2 aromatic carbocycles. The molecule has 2 aliphatic heterocycles. The van der Waals surface area contributed by atoms with Gasteiger partial charge in [-0.05, 0) is 61.4 Å². The Labute approximate surface area is 187 Å². The van der Waals surface area contributed by atoms with Gasteiger partial charge in [-0.15, -0.1) is 0 Å². The average Bonchev–Trinajstić information content (AvgIpc) is 3.52. The van der Waals surface area contributed by atoms with Gasteiger partial charge in [-0.1, -0.05) is 36.4 Å². The summed E-state index contributed by atoms with van der Waals surface area (Å²) in [7, 11) is 0. The van der Waals surface area contributed by atoms with E-state index >= 15 is 0 Å². The van der Waals surface area contributed by atoms with E-state index in [4.69, 9.17) is 4.74 Å². The van der Waals surface area contributed by atoms with E-state index in [9.17, 15) is 15.0 Å². The molecule has 3 fully saturated rings. The van der Waals surface area contributed by atoms with Crippen molar-refractivity contribution < 1.29 is 19.7 Å². The quantitative estimate of drug-likeness (QED) is 0.734. The van der Waals surface area contributed by atoms with Crippen LogP contribution in [0.25, 0.3) is 6.08 Å². The molecule has 0 aromatic heterocycles. The Kier molecular flexibility index (Phi) is 3.68. The van der Waals surface area contributed by atoms with Crippen LogP contribution >= 0.6 is 0 Å². The lowest BCUT2D eigenvalue weighted by Crippen LogP contribution is -2.77. The van der Waals surface area contributed by atoms with Crippen LogP contribution < -0.4 is 4.74 Å². The number of hydrogen-bond acceptors (Lipinski definition) is 5. The van der Waals surface area contributed by atoms with Crippen molar-refractivity contribution >= 4 is 11.9 Å². The molecule has 164 valence electrons. The number of Topliss-reactive ketones (excluding diaryl/α,β-unsaturated/α-hetero) is 1. The molecule has 2 heterocycles. The van der Waals surface area contributed by atoms with Gasteiger partial charge in [-0.3, -0.25) is 9.69 Å². The molecule has 7 rings (SSSR count). The number of phenols is 1. The summed E-state index contributed by atoms with van der Waals surface area (Å²) in [5.74, 6) is 1.14. The van der Waals surface area contributed by atoms with E-state index in [0.29, 0.717) is 24.2 Å². The molecule has 0 amide bonds.